The Hall–Kier alpha value is -0.570. The van der Waals surface area contributed by atoms with Gasteiger partial charge in [0.2, 0.25) is 5.91 Å². The highest BCUT2D eigenvalue weighted by Crippen LogP contribution is 2.57. The number of nitrogens with two attached hydrogens (primary N) is 2. The molecule has 0 aromatic carbocycles. The van der Waals surface area contributed by atoms with Crippen LogP contribution in [0.15, 0.2) is 0 Å². The smallest absolute Gasteiger partial charge is 0.220 e. The maximum atomic E-state index is 10.7. The van der Waals surface area contributed by atoms with Crippen LogP contribution in [0.3, 0.4) is 0 Å². The lowest BCUT2D eigenvalue weighted by Crippen LogP contribution is -2.55. The molecule has 0 aliphatic heterocycles. The quantitative estimate of drug-likeness (QED) is 0.557. The summed E-state index contributed by atoms with van der Waals surface area (Å²) >= 11 is 0. The zero-order valence-corrected chi connectivity index (χ0v) is 6.55. The van der Waals surface area contributed by atoms with Gasteiger partial charge in [0, 0.05) is 12.0 Å². The van der Waals surface area contributed by atoms with Crippen LogP contribution in [-0.2, 0) is 4.79 Å². The molecule has 4 N–H and O–H groups in total. The second-order valence-electron chi connectivity index (χ2n) is 4.18. The highest BCUT2D eigenvalue weighted by atomic mass is 16.1. The Labute approximate surface area is 66.1 Å². The molecule has 1 spiro atoms. The second-order valence-corrected chi connectivity index (χ2v) is 4.18. The molecule has 0 atom stereocenters. The van der Waals surface area contributed by atoms with Crippen LogP contribution in [0, 0.1) is 11.3 Å². The standard InChI is InChI=1S/C8H14N2O/c9-6-3-8(4-6)1-5(2-8)7(10)11/h5-6H,1-4,9H2,(H2,10,11). The minimum atomic E-state index is -0.129. The van der Waals surface area contributed by atoms with Gasteiger partial charge in [-0.05, 0) is 31.1 Å². The van der Waals surface area contributed by atoms with E-state index in [4.69, 9.17) is 11.5 Å². The molecule has 0 aromatic heterocycles. The first kappa shape index (κ1) is 7.10. The van der Waals surface area contributed by atoms with E-state index in [9.17, 15) is 4.79 Å². The van der Waals surface area contributed by atoms with Crippen LogP contribution in [-0.4, -0.2) is 11.9 Å². The summed E-state index contributed by atoms with van der Waals surface area (Å²) in [6, 6.07) is 0.392. The molecule has 2 aliphatic carbocycles. The van der Waals surface area contributed by atoms with E-state index in [0.29, 0.717) is 11.5 Å². The molecule has 2 rings (SSSR count). The fourth-order valence-corrected chi connectivity index (χ4v) is 2.57. The molecule has 3 nitrogen and oxygen atoms in total. The number of carbonyl (C=O) groups excluding carboxylic acids is 1. The first-order valence-corrected chi connectivity index (χ1v) is 4.16. The van der Waals surface area contributed by atoms with Crippen molar-refractivity contribution >= 4 is 5.91 Å². The summed E-state index contributed by atoms with van der Waals surface area (Å²) < 4.78 is 0. The van der Waals surface area contributed by atoms with Gasteiger partial charge < -0.3 is 11.5 Å². The summed E-state index contributed by atoms with van der Waals surface area (Å²) in [6.45, 7) is 0. The van der Waals surface area contributed by atoms with Crippen molar-refractivity contribution in [2.45, 2.75) is 31.7 Å². The van der Waals surface area contributed by atoms with E-state index in [0.717, 1.165) is 25.7 Å². The van der Waals surface area contributed by atoms with Crippen LogP contribution in [0.1, 0.15) is 25.7 Å². The van der Waals surface area contributed by atoms with E-state index >= 15 is 0 Å². The minimum Gasteiger partial charge on any atom is -0.369 e. The van der Waals surface area contributed by atoms with Gasteiger partial charge in [-0.25, -0.2) is 0 Å². The Bertz CT molecular complexity index is 188. The molecule has 2 aliphatic rings. The Balaban J connectivity index is 1.84. The molecule has 2 fully saturated rings. The van der Waals surface area contributed by atoms with Gasteiger partial charge in [0.05, 0.1) is 0 Å². The van der Waals surface area contributed by atoms with Gasteiger partial charge in [-0.15, -0.1) is 0 Å². The topological polar surface area (TPSA) is 69.1 Å². The Morgan fingerprint density at radius 3 is 2.18 bits per heavy atom. The third-order valence-electron chi connectivity index (χ3n) is 3.15. The van der Waals surface area contributed by atoms with Crippen molar-refractivity contribution in [1.29, 1.82) is 0 Å². The summed E-state index contributed by atoms with van der Waals surface area (Å²) in [5.74, 6) is 0.0265. The summed E-state index contributed by atoms with van der Waals surface area (Å²) in [6.07, 6.45) is 4.21. The van der Waals surface area contributed by atoms with Crippen LogP contribution >= 0.6 is 0 Å². The molecular weight excluding hydrogens is 140 g/mol. The summed E-state index contributed by atoms with van der Waals surface area (Å²) in [7, 11) is 0. The van der Waals surface area contributed by atoms with Crippen molar-refractivity contribution in [1.82, 2.24) is 0 Å². The third-order valence-corrected chi connectivity index (χ3v) is 3.15. The lowest BCUT2D eigenvalue weighted by atomic mass is 9.50. The number of primary amides is 1. The van der Waals surface area contributed by atoms with E-state index in [1.165, 1.54) is 0 Å². The van der Waals surface area contributed by atoms with Crippen molar-refractivity contribution in [3.63, 3.8) is 0 Å². The van der Waals surface area contributed by atoms with Crippen molar-refractivity contribution in [2.75, 3.05) is 0 Å². The molecule has 0 heterocycles. The first-order chi connectivity index (χ1) is 5.11. The van der Waals surface area contributed by atoms with Crippen molar-refractivity contribution in [3.8, 4) is 0 Å². The van der Waals surface area contributed by atoms with Crippen LogP contribution < -0.4 is 11.5 Å². The van der Waals surface area contributed by atoms with Crippen molar-refractivity contribution in [2.24, 2.45) is 22.8 Å². The average molecular weight is 154 g/mol. The van der Waals surface area contributed by atoms with Gasteiger partial charge in [0.15, 0.2) is 0 Å². The molecule has 0 radical (unpaired) electrons. The molecule has 0 aromatic rings. The maximum Gasteiger partial charge on any atom is 0.220 e. The fraction of sp³-hybridized carbons (Fsp3) is 0.875. The normalized spacial score (nSPS) is 48.1. The largest absolute Gasteiger partial charge is 0.369 e. The van der Waals surface area contributed by atoms with Gasteiger partial charge >= 0.3 is 0 Å². The predicted octanol–water partition coefficient (Wildman–Crippen LogP) is -0.0108. The molecule has 1 amide bonds. The Kier molecular flexibility index (Phi) is 1.27. The number of carbonyl (C=O) groups is 1. The molecule has 0 saturated heterocycles. The van der Waals surface area contributed by atoms with E-state index in [2.05, 4.69) is 0 Å². The molecule has 0 bridgehead atoms. The zero-order chi connectivity index (χ0) is 8.06. The van der Waals surface area contributed by atoms with E-state index < -0.39 is 0 Å². The van der Waals surface area contributed by atoms with Crippen LogP contribution in [0.25, 0.3) is 0 Å². The van der Waals surface area contributed by atoms with Gasteiger partial charge in [-0.3, -0.25) is 4.79 Å². The van der Waals surface area contributed by atoms with Crippen LogP contribution in [0.5, 0.6) is 0 Å². The highest BCUT2D eigenvalue weighted by Gasteiger charge is 2.53. The average Bonchev–Trinajstić information content (AvgIpc) is 1.73. The van der Waals surface area contributed by atoms with Crippen molar-refractivity contribution < 1.29 is 4.79 Å². The third kappa shape index (κ3) is 0.948. The van der Waals surface area contributed by atoms with Crippen molar-refractivity contribution in [3.05, 3.63) is 0 Å². The Morgan fingerprint density at radius 1 is 1.27 bits per heavy atom. The van der Waals surface area contributed by atoms with Gasteiger partial charge in [0.25, 0.3) is 0 Å². The van der Waals surface area contributed by atoms with E-state index in [-0.39, 0.29) is 11.8 Å². The lowest BCUT2D eigenvalue weighted by Gasteiger charge is -2.56. The highest BCUT2D eigenvalue weighted by molar-refractivity contribution is 5.77. The summed E-state index contributed by atoms with van der Waals surface area (Å²) in [5, 5.41) is 0. The number of hydrogen-bond donors (Lipinski definition) is 2. The van der Waals surface area contributed by atoms with E-state index in [1.54, 1.807) is 0 Å². The molecule has 3 heteroatoms. The SMILES string of the molecule is NC(=O)C1CC2(CC(N)C2)C1. The zero-order valence-electron chi connectivity index (χ0n) is 6.55. The van der Waals surface area contributed by atoms with E-state index in [1.807, 2.05) is 0 Å². The molecular formula is C8H14N2O. The molecule has 11 heavy (non-hydrogen) atoms. The predicted molar refractivity (Wildman–Crippen MR) is 41.6 cm³/mol. The summed E-state index contributed by atoms with van der Waals surface area (Å²) in [5.41, 5.74) is 11.3. The monoisotopic (exact) mass is 154 g/mol. The molecule has 0 unspecified atom stereocenters. The number of amides is 1. The summed E-state index contributed by atoms with van der Waals surface area (Å²) in [4.78, 5) is 10.7. The first-order valence-electron chi connectivity index (χ1n) is 4.16. The van der Waals surface area contributed by atoms with Crippen LogP contribution in [0.2, 0.25) is 0 Å². The minimum absolute atomic E-state index is 0.129. The number of hydrogen-bond acceptors (Lipinski definition) is 2. The van der Waals surface area contributed by atoms with Crippen LogP contribution in [0.4, 0.5) is 0 Å². The molecule has 2 saturated carbocycles. The second kappa shape index (κ2) is 1.97. The maximum absolute atomic E-state index is 10.7. The Morgan fingerprint density at radius 2 is 1.82 bits per heavy atom. The van der Waals surface area contributed by atoms with Gasteiger partial charge in [-0.2, -0.15) is 0 Å². The lowest BCUT2D eigenvalue weighted by molar-refractivity contribution is -0.134. The number of rotatable bonds is 1. The fourth-order valence-electron chi connectivity index (χ4n) is 2.57. The molecule has 62 valence electrons. The van der Waals surface area contributed by atoms with Gasteiger partial charge in [0.1, 0.15) is 0 Å². The van der Waals surface area contributed by atoms with Gasteiger partial charge in [-0.1, -0.05) is 0 Å².